The summed E-state index contributed by atoms with van der Waals surface area (Å²) in [5.41, 5.74) is 0.907. The van der Waals surface area contributed by atoms with E-state index in [0.717, 1.165) is 16.2 Å². The summed E-state index contributed by atoms with van der Waals surface area (Å²) >= 11 is 12.5. The van der Waals surface area contributed by atoms with Gasteiger partial charge in [0.1, 0.15) is 0 Å². The zero-order chi connectivity index (χ0) is 25.5. The lowest BCUT2D eigenvalue weighted by Gasteiger charge is -2.32. The number of halogens is 2. The van der Waals surface area contributed by atoms with E-state index in [1.165, 1.54) is 0 Å². The lowest BCUT2D eigenvalue weighted by molar-refractivity contribution is -0.136. The number of carbonyl (C=O) groups excluding carboxylic acids is 1. The maximum absolute atomic E-state index is 13.3. The molecular formula is C26H26BCl2NO5. The Balaban J connectivity index is 1.87. The van der Waals surface area contributed by atoms with Crippen LogP contribution in [-0.2, 0) is 20.5 Å². The van der Waals surface area contributed by atoms with E-state index in [-0.39, 0.29) is 28.5 Å². The van der Waals surface area contributed by atoms with E-state index in [9.17, 15) is 14.7 Å². The molecule has 6 nitrogen and oxygen atoms in total. The van der Waals surface area contributed by atoms with Crippen LogP contribution in [0, 0.1) is 0 Å². The number of carbonyl (C=O) groups is 2. The van der Waals surface area contributed by atoms with E-state index in [4.69, 9.17) is 32.5 Å². The number of anilines is 1. The number of nitrogens with one attached hydrogen (secondary N) is 1. The van der Waals surface area contributed by atoms with Crippen molar-refractivity contribution < 1.29 is 24.0 Å². The fourth-order valence-electron chi connectivity index (χ4n) is 4.14. The van der Waals surface area contributed by atoms with E-state index >= 15 is 0 Å². The van der Waals surface area contributed by atoms with Crippen LogP contribution in [0.4, 0.5) is 5.69 Å². The van der Waals surface area contributed by atoms with Crippen LogP contribution in [-0.4, -0.2) is 35.3 Å². The predicted octanol–water partition coefficient (Wildman–Crippen LogP) is 5.72. The number of hydrogen-bond donors (Lipinski definition) is 2. The van der Waals surface area contributed by atoms with Gasteiger partial charge >= 0.3 is 13.1 Å². The molecule has 1 saturated heterocycles. The highest BCUT2D eigenvalue weighted by Crippen LogP contribution is 2.38. The molecule has 0 spiro atoms. The summed E-state index contributed by atoms with van der Waals surface area (Å²) in [5, 5.41) is 14.4. The van der Waals surface area contributed by atoms with Crippen molar-refractivity contribution in [1.29, 1.82) is 0 Å². The molecule has 3 aromatic carbocycles. The van der Waals surface area contributed by atoms with Crippen LogP contribution in [0.3, 0.4) is 0 Å². The first-order valence-corrected chi connectivity index (χ1v) is 12.0. The smallest absolute Gasteiger partial charge is 0.481 e. The molecule has 4 rings (SSSR count). The van der Waals surface area contributed by atoms with Crippen molar-refractivity contribution in [3.63, 3.8) is 0 Å². The molecule has 2 N–H and O–H groups in total. The summed E-state index contributed by atoms with van der Waals surface area (Å²) in [7, 11) is -0.682. The van der Waals surface area contributed by atoms with E-state index in [2.05, 4.69) is 5.32 Å². The molecule has 3 aromatic rings. The molecular weight excluding hydrogens is 488 g/mol. The quantitative estimate of drug-likeness (QED) is 0.412. The maximum atomic E-state index is 13.3. The molecule has 0 unspecified atom stereocenters. The Kier molecular flexibility index (Phi) is 6.90. The second-order valence-corrected chi connectivity index (χ2v) is 10.4. The molecule has 1 amide bonds. The third-order valence-corrected chi connectivity index (χ3v) is 7.35. The largest absolute Gasteiger partial charge is 0.495 e. The van der Waals surface area contributed by atoms with Crippen molar-refractivity contribution in [3.8, 4) is 0 Å². The first-order chi connectivity index (χ1) is 16.4. The van der Waals surface area contributed by atoms with Gasteiger partial charge in [0.2, 0.25) is 0 Å². The van der Waals surface area contributed by atoms with Crippen LogP contribution >= 0.6 is 23.2 Å². The van der Waals surface area contributed by atoms with E-state index in [0.29, 0.717) is 11.3 Å². The fourth-order valence-corrected chi connectivity index (χ4v) is 4.71. The number of aliphatic carboxylic acids is 1. The molecule has 1 aliphatic rings. The van der Waals surface area contributed by atoms with E-state index in [1.54, 1.807) is 24.3 Å². The Morgan fingerprint density at radius 2 is 1.51 bits per heavy atom. The number of benzene rings is 3. The summed E-state index contributed by atoms with van der Waals surface area (Å²) < 4.78 is 12.6. The molecule has 0 saturated carbocycles. The van der Waals surface area contributed by atoms with Crippen molar-refractivity contribution in [3.05, 3.63) is 69.7 Å². The first-order valence-electron chi connectivity index (χ1n) is 11.3. The Bertz CT molecular complexity index is 1290. The Labute approximate surface area is 214 Å². The number of amides is 1. The Hall–Kier alpha value is -2.58. The van der Waals surface area contributed by atoms with Gasteiger partial charge in [-0.3, -0.25) is 9.59 Å². The van der Waals surface area contributed by atoms with Crippen molar-refractivity contribution in [2.75, 3.05) is 5.32 Å². The molecule has 9 heteroatoms. The molecule has 0 atom stereocenters. The monoisotopic (exact) mass is 513 g/mol. The number of hydrogen-bond acceptors (Lipinski definition) is 4. The van der Waals surface area contributed by atoms with Gasteiger partial charge in [0.15, 0.2) is 0 Å². The zero-order valence-corrected chi connectivity index (χ0v) is 21.5. The van der Waals surface area contributed by atoms with Crippen LogP contribution in [0.5, 0.6) is 0 Å². The number of aryl methyl sites for hydroxylation is 1. The first kappa shape index (κ1) is 25.5. The zero-order valence-electron chi connectivity index (χ0n) is 19.9. The van der Waals surface area contributed by atoms with Crippen molar-refractivity contribution in [2.45, 2.75) is 51.7 Å². The minimum atomic E-state index is -0.935. The summed E-state index contributed by atoms with van der Waals surface area (Å²) in [5.74, 6) is -1.43. The van der Waals surface area contributed by atoms with Crippen LogP contribution in [0.25, 0.3) is 10.8 Å². The molecule has 1 aliphatic heterocycles. The average Bonchev–Trinajstić information content (AvgIpc) is 2.99. The number of carboxylic acid groups (broad SMARTS) is 1. The molecule has 182 valence electrons. The second kappa shape index (κ2) is 9.47. The fraction of sp³-hybridized carbons (Fsp3) is 0.308. The highest BCUT2D eigenvalue weighted by molar-refractivity contribution is 6.65. The van der Waals surface area contributed by atoms with Crippen LogP contribution in [0.2, 0.25) is 10.0 Å². The molecule has 0 radical (unpaired) electrons. The van der Waals surface area contributed by atoms with Gasteiger partial charge in [-0.05, 0) is 74.1 Å². The lowest BCUT2D eigenvalue weighted by atomic mass is 9.74. The minimum Gasteiger partial charge on any atom is -0.481 e. The van der Waals surface area contributed by atoms with Gasteiger partial charge < -0.3 is 19.7 Å². The SMILES string of the molecule is CC1(C)OB(c2cc(NC(=O)c3c(Cl)cccc3Cl)c(CCC(=O)O)c3ccccc23)OC1(C)C. The Morgan fingerprint density at radius 3 is 2.09 bits per heavy atom. The van der Waals surface area contributed by atoms with E-state index < -0.39 is 30.2 Å². The van der Waals surface area contributed by atoms with Gasteiger partial charge in [-0.15, -0.1) is 0 Å². The van der Waals surface area contributed by atoms with Crippen molar-refractivity contribution >= 4 is 64.1 Å². The molecule has 0 bridgehead atoms. The topological polar surface area (TPSA) is 84.9 Å². The molecule has 0 aliphatic carbocycles. The standard InChI is InChI=1S/C26H26BCl2NO5/c1-25(2)26(3,4)35-27(34-25)18-14-21(30-24(33)23-19(28)10-7-11-20(23)29)17(12-13-22(31)32)15-8-5-6-9-16(15)18/h5-11,14H,12-13H2,1-4H3,(H,30,33)(H,31,32). The number of carboxylic acids is 1. The van der Waals surface area contributed by atoms with Crippen LogP contribution in [0.1, 0.15) is 50.0 Å². The van der Waals surface area contributed by atoms with Gasteiger partial charge in [-0.2, -0.15) is 0 Å². The number of fused-ring (bicyclic) bond motifs is 1. The highest BCUT2D eigenvalue weighted by atomic mass is 35.5. The lowest BCUT2D eigenvalue weighted by Crippen LogP contribution is -2.41. The second-order valence-electron chi connectivity index (χ2n) is 9.57. The normalized spacial score (nSPS) is 16.5. The van der Waals surface area contributed by atoms with Gasteiger partial charge in [-0.25, -0.2) is 0 Å². The predicted molar refractivity (Wildman–Crippen MR) is 140 cm³/mol. The van der Waals surface area contributed by atoms with Gasteiger partial charge in [0.25, 0.3) is 5.91 Å². The average molecular weight is 514 g/mol. The van der Waals surface area contributed by atoms with Crippen LogP contribution in [0.15, 0.2) is 48.5 Å². The third-order valence-electron chi connectivity index (χ3n) is 6.72. The molecule has 1 fully saturated rings. The third kappa shape index (κ3) is 4.91. The summed E-state index contributed by atoms with van der Waals surface area (Å²) in [6.07, 6.45) is 0.112. The summed E-state index contributed by atoms with van der Waals surface area (Å²) in [4.78, 5) is 24.7. The van der Waals surface area contributed by atoms with Gasteiger partial charge in [0.05, 0.1) is 26.8 Å². The molecule has 0 aromatic heterocycles. The Morgan fingerprint density at radius 1 is 0.943 bits per heavy atom. The van der Waals surface area contributed by atoms with Crippen molar-refractivity contribution in [1.82, 2.24) is 0 Å². The van der Waals surface area contributed by atoms with Gasteiger partial charge in [-0.1, -0.05) is 53.5 Å². The molecule has 35 heavy (non-hydrogen) atoms. The molecule has 1 heterocycles. The summed E-state index contributed by atoms with van der Waals surface area (Å²) in [6.45, 7) is 7.88. The van der Waals surface area contributed by atoms with Gasteiger partial charge in [0, 0.05) is 12.1 Å². The minimum absolute atomic E-state index is 0.102. The highest BCUT2D eigenvalue weighted by Gasteiger charge is 2.52. The van der Waals surface area contributed by atoms with Crippen molar-refractivity contribution in [2.24, 2.45) is 0 Å². The maximum Gasteiger partial charge on any atom is 0.495 e. The number of rotatable bonds is 6. The van der Waals surface area contributed by atoms with Crippen LogP contribution < -0.4 is 10.8 Å². The van der Waals surface area contributed by atoms with E-state index in [1.807, 2.05) is 52.0 Å². The summed E-state index contributed by atoms with van der Waals surface area (Å²) in [6, 6.07) is 14.2.